The minimum Gasteiger partial charge on any atom is -0.406 e. The molecule has 0 saturated heterocycles. The van der Waals surface area contributed by atoms with Gasteiger partial charge >= 0.3 is 12.1 Å². The molecule has 0 unspecified atom stereocenters. The lowest BCUT2D eigenvalue weighted by Crippen LogP contribution is -2.17. The summed E-state index contributed by atoms with van der Waals surface area (Å²) in [6.07, 6.45) is -4.77. The molecule has 22 heavy (non-hydrogen) atoms. The number of benzene rings is 1. The van der Waals surface area contributed by atoms with E-state index in [0.29, 0.717) is 21.5 Å². The highest BCUT2D eigenvalue weighted by Crippen LogP contribution is 2.32. The molecule has 1 N–H and O–H groups in total. The van der Waals surface area contributed by atoms with Gasteiger partial charge in [-0.1, -0.05) is 12.1 Å². The lowest BCUT2D eigenvalue weighted by atomic mass is 10.1. The molecule has 3 rings (SSSR count). The first kappa shape index (κ1) is 14.6. The van der Waals surface area contributed by atoms with Crippen molar-refractivity contribution >= 4 is 21.6 Å². The van der Waals surface area contributed by atoms with E-state index in [1.165, 1.54) is 29.5 Å². The Kier molecular flexibility index (Phi) is 3.40. The number of H-pyrrole nitrogens is 1. The molecule has 0 bridgehead atoms. The van der Waals surface area contributed by atoms with Crippen molar-refractivity contribution in [3.8, 4) is 17.0 Å². The zero-order valence-electron chi connectivity index (χ0n) is 11.2. The molecule has 0 aliphatic rings. The second kappa shape index (κ2) is 5.13. The number of rotatable bonds is 2. The first-order valence-corrected chi connectivity index (χ1v) is 7.00. The van der Waals surface area contributed by atoms with Gasteiger partial charge in [-0.2, -0.15) is 4.98 Å². The molecule has 0 fully saturated rings. The lowest BCUT2D eigenvalue weighted by Gasteiger charge is -2.10. The number of aromatic nitrogens is 2. The molecule has 0 spiro atoms. The zero-order chi connectivity index (χ0) is 15.9. The molecule has 2 aromatic heterocycles. The SMILES string of the molecule is Cc1cc2c(-c3cccc(OC(F)(F)F)c3)[nH]c(=O)nc2s1. The van der Waals surface area contributed by atoms with Gasteiger partial charge < -0.3 is 9.72 Å². The van der Waals surface area contributed by atoms with Gasteiger partial charge in [0.15, 0.2) is 0 Å². The molecule has 0 atom stereocenters. The van der Waals surface area contributed by atoms with Gasteiger partial charge in [-0.15, -0.1) is 24.5 Å². The highest BCUT2D eigenvalue weighted by Gasteiger charge is 2.31. The van der Waals surface area contributed by atoms with Crippen LogP contribution in [-0.4, -0.2) is 16.3 Å². The second-order valence-electron chi connectivity index (χ2n) is 4.57. The summed E-state index contributed by atoms with van der Waals surface area (Å²) in [4.78, 5) is 19.6. The van der Waals surface area contributed by atoms with Crippen LogP contribution in [0.25, 0.3) is 21.5 Å². The van der Waals surface area contributed by atoms with Crippen LogP contribution >= 0.6 is 11.3 Å². The minimum atomic E-state index is -4.77. The average Bonchev–Trinajstić information content (AvgIpc) is 2.76. The van der Waals surface area contributed by atoms with E-state index in [9.17, 15) is 18.0 Å². The van der Waals surface area contributed by atoms with Crippen LogP contribution in [0.3, 0.4) is 0 Å². The Bertz CT molecular complexity index is 899. The lowest BCUT2D eigenvalue weighted by molar-refractivity contribution is -0.274. The van der Waals surface area contributed by atoms with Crippen LogP contribution in [0.2, 0.25) is 0 Å². The van der Waals surface area contributed by atoms with E-state index in [2.05, 4.69) is 14.7 Å². The zero-order valence-corrected chi connectivity index (χ0v) is 12.0. The smallest absolute Gasteiger partial charge is 0.406 e. The number of thiophene rings is 1. The van der Waals surface area contributed by atoms with Gasteiger partial charge in [-0.25, -0.2) is 4.79 Å². The number of aromatic amines is 1. The van der Waals surface area contributed by atoms with Crippen LogP contribution in [0.5, 0.6) is 5.75 Å². The highest BCUT2D eigenvalue weighted by atomic mass is 32.1. The number of nitrogens with one attached hydrogen (secondary N) is 1. The van der Waals surface area contributed by atoms with Crippen molar-refractivity contribution in [2.45, 2.75) is 13.3 Å². The van der Waals surface area contributed by atoms with Crippen molar-refractivity contribution in [1.82, 2.24) is 9.97 Å². The fourth-order valence-corrected chi connectivity index (χ4v) is 3.02. The van der Waals surface area contributed by atoms with Crippen molar-refractivity contribution in [2.75, 3.05) is 0 Å². The van der Waals surface area contributed by atoms with E-state index in [0.717, 1.165) is 4.88 Å². The van der Waals surface area contributed by atoms with Crippen molar-refractivity contribution in [3.63, 3.8) is 0 Å². The van der Waals surface area contributed by atoms with Crippen molar-refractivity contribution in [3.05, 3.63) is 45.7 Å². The third kappa shape index (κ3) is 2.96. The normalized spacial score (nSPS) is 11.8. The third-order valence-corrected chi connectivity index (χ3v) is 3.84. The van der Waals surface area contributed by atoms with Gasteiger partial charge in [0.2, 0.25) is 0 Å². The van der Waals surface area contributed by atoms with Gasteiger partial charge in [-0.05, 0) is 25.1 Å². The molecule has 0 amide bonds. The predicted molar refractivity (Wildman–Crippen MR) is 77.1 cm³/mol. The highest BCUT2D eigenvalue weighted by molar-refractivity contribution is 7.18. The van der Waals surface area contributed by atoms with E-state index >= 15 is 0 Å². The predicted octanol–water partition coefficient (Wildman–Crippen LogP) is 3.86. The Morgan fingerprint density at radius 2 is 2.05 bits per heavy atom. The van der Waals surface area contributed by atoms with Crippen LogP contribution in [0.4, 0.5) is 13.2 Å². The molecular formula is C14H9F3N2O2S. The maximum absolute atomic E-state index is 12.3. The average molecular weight is 326 g/mol. The number of hydrogen-bond acceptors (Lipinski definition) is 4. The van der Waals surface area contributed by atoms with E-state index in [1.54, 1.807) is 6.07 Å². The van der Waals surface area contributed by atoms with Crippen LogP contribution in [0, 0.1) is 6.92 Å². The van der Waals surface area contributed by atoms with Gasteiger partial charge in [0.25, 0.3) is 0 Å². The molecule has 114 valence electrons. The first-order chi connectivity index (χ1) is 10.3. The quantitative estimate of drug-likeness (QED) is 0.778. The topological polar surface area (TPSA) is 55.0 Å². The van der Waals surface area contributed by atoms with E-state index in [-0.39, 0.29) is 5.75 Å². The van der Waals surface area contributed by atoms with Gasteiger partial charge in [0.1, 0.15) is 10.6 Å². The van der Waals surface area contributed by atoms with Crippen LogP contribution < -0.4 is 10.4 Å². The summed E-state index contributed by atoms with van der Waals surface area (Å²) in [5.41, 5.74) is 0.294. The van der Waals surface area contributed by atoms with Gasteiger partial charge in [0, 0.05) is 15.8 Å². The molecule has 0 aliphatic heterocycles. The summed E-state index contributed by atoms with van der Waals surface area (Å²) >= 11 is 1.35. The fraction of sp³-hybridized carbons (Fsp3) is 0.143. The monoisotopic (exact) mass is 326 g/mol. The van der Waals surface area contributed by atoms with Crippen LogP contribution in [0.1, 0.15) is 4.88 Å². The summed E-state index contributed by atoms with van der Waals surface area (Å²) in [6, 6.07) is 7.29. The summed E-state index contributed by atoms with van der Waals surface area (Å²) in [6.45, 7) is 1.86. The molecule has 3 aromatic rings. The first-order valence-electron chi connectivity index (χ1n) is 6.18. The van der Waals surface area contributed by atoms with Crippen LogP contribution in [0.15, 0.2) is 35.1 Å². The Morgan fingerprint density at radius 1 is 1.27 bits per heavy atom. The van der Waals surface area contributed by atoms with Crippen molar-refractivity contribution in [2.24, 2.45) is 0 Å². The van der Waals surface area contributed by atoms with Gasteiger partial charge in [-0.3, -0.25) is 0 Å². The molecule has 0 radical (unpaired) electrons. The fourth-order valence-electron chi connectivity index (χ4n) is 2.13. The summed E-state index contributed by atoms with van der Waals surface area (Å²) < 4.78 is 40.8. The molecule has 2 heterocycles. The maximum Gasteiger partial charge on any atom is 0.573 e. The minimum absolute atomic E-state index is 0.345. The number of nitrogens with zero attached hydrogens (tertiary/aromatic N) is 1. The molecule has 4 nitrogen and oxygen atoms in total. The number of ether oxygens (including phenoxy) is 1. The Labute approximate surface area is 126 Å². The Morgan fingerprint density at radius 3 is 2.77 bits per heavy atom. The molecule has 0 aliphatic carbocycles. The number of halogens is 3. The Balaban J connectivity index is 2.15. The number of hydrogen-bond donors (Lipinski definition) is 1. The molecule has 1 aromatic carbocycles. The van der Waals surface area contributed by atoms with Crippen LogP contribution in [-0.2, 0) is 0 Å². The molecular weight excluding hydrogens is 317 g/mol. The molecule has 0 saturated carbocycles. The summed E-state index contributed by atoms with van der Waals surface area (Å²) in [7, 11) is 0. The third-order valence-electron chi connectivity index (χ3n) is 2.90. The maximum atomic E-state index is 12.3. The van der Waals surface area contributed by atoms with Crippen molar-refractivity contribution in [1.29, 1.82) is 0 Å². The number of aryl methyl sites for hydroxylation is 1. The largest absolute Gasteiger partial charge is 0.573 e. The van der Waals surface area contributed by atoms with E-state index in [4.69, 9.17) is 0 Å². The molecule has 8 heteroatoms. The van der Waals surface area contributed by atoms with Crippen molar-refractivity contribution < 1.29 is 17.9 Å². The van der Waals surface area contributed by atoms with E-state index < -0.39 is 12.1 Å². The van der Waals surface area contributed by atoms with Gasteiger partial charge in [0.05, 0.1) is 5.69 Å². The summed E-state index contributed by atoms with van der Waals surface area (Å²) in [5.74, 6) is -0.345. The number of fused-ring (bicyclic) bond motifs is 1. The number of alkyl halides is 3. The second-order valence-corrected chi connectivity index (χ2v) is 5.80. The summed E-state index contributed by atoms with van der Waals surface area (Å²) in [5, 5.41) is 0.686. The van der Waals surface area contributed by atoms with E-state index in [1.807, 2.05) is 13.0 Å². The standard InChI is InChI=1S/C14H9F3N2O2S/c1-7-5-10-11(18-13(20)19-12(10)22-7)8-3-2-4-9(6-8)21-14(15,16)17/h2-6H,1H3,(H,18,19,20). The Hall–Kier alpha value is -2.35.